The minimum absolute atomic E-state index is 0.0503. The van der Waals surface area contributed by atoms with Gasteiger partial charge in [-0.05, 0) is 68.2 Å². The molecule has 0 saturated heterocycles. The first-order valence-corrected chi connectivity index (χ1v) is 9.50. The summed E-state index contributed by atoms with van der Waals surface area (Å²) < 4.78 is 0. The Morgan fingerprint density at radius 2 is 1.67 bits per heavy atom. The van der Waals surface area contributed by atoms with Crippen molar-refractivity contribution in [3.8, 4) is 18.2 Å². The van der Waals surface area contributed by atoms with Gasteiger partial charge in [0.05, 0.1) is 23.9 Å². The second kappa shape index (κ2) is 7.02. The van der Waals surface area contributed by atoms with Crippen LogP contribution in [0.1, 0.15) is 53.9 Å². The highest BCUT2D eigenvalue weighted by atomic mass is 14.7. The third kappa shape index (κ3) is 2.75. The van der Waals surface area contributed by atoms with E-state index in [0.29, 0.717) is 0 Å². The van der Waals surface area contributed by atoms with Gasteiger partial charge in [0.2, 0.25) is 0 Å². The van der Waals surface area contributed by atoms with Gasteiger partial charge in [0.15, 0.2) is 5.41 Å². The maximum atomic E-state index is 10.1. The molecular weight excluding hydrogens is 332 g/mol. The average molecular weight is 356 g/mol. The molecule has 0 radical (unpaired) electrons. The van der Waals surface area contributed by atoms with E-state index in [1.807, 2.05) is 20.8 Å². The lowest BCUT2D eigenvalue weighted by molar-refractivity contribution is 0.333. The van der Waals surface area contributed by atoms with Gasteiger partial charge in [-0.1, -0.05) is 30.2 Å². The molecular formula is C23H24N4. The van der Waals surface area contributed by atoms with Crippen molar-refractivity contribution in [1.29, 1.82) is 21.2 Å². The van der Waals surface area contributed by atoms with Crippen molar-refractivity contribution >= 4 is 5.71 Å². The highest BCUT2D eigenvalue weighted by molar-refractivity contribution is 6.00. The molecule has 4 heteroatoms. The molecule has 1 fully saturated rings. The molecule has 1 aromatic rings. The third-order valence-electron chi connectivity index (χ3n) is 6.22. The number of rotatable bonds is 1. The summed E-state index contributed by atoms with van der Waals surface area (Å²) in [7, 11) is 0. The van der Waals surface area contributed by atoms with Gasteiger partial charge in [-0.2, -0.15) is 15.8 Å². The molecule has 4 nitrogen and oxygen atoms in total. The Labute approximate surface area is 161 Å². The van der Waals surface area contributed by atoms with Crippen molar-refractivity contribution in [2.24, 2.45) is 17.3 Å². The Hall–Kier alpha value is -2.90. The van der Waals surface area contributed by atoms with Crippen LogP contribution in [0.15, 0.2) is 23.8 Å². The zero-order chi connectivity index (χ0) is 19.8. The molecule has 1 N–H and O–H groups in total. The number of nitrogens with one attached hydrogen (secondary N) is 1. The van der Waals surface area contributed by atoms with Crippen LogP contribution in [0.4, 0.5) is 0 Å². The maximum Gasteiger partial charge on any atom is 0.189 e. The maximum absolute atomic E-state index is 10.1. The molecule has 2 aliphatic rings. The molecule has 3 atom stereocenters. The molecule has 27 heavy (non-hydrogen) atoms. The molecule has 0 unspecified atom stereocenters. The number of aryl methyl sites for hydroxylation is 3. The number of hydrogen-bond donors (Lipinski definition) is 1. The number of nitrogens with zero attached hydrogens (tertiary/aromatic N) is 3. The van der Waals surface area contributed by atoms with Crippen molar-refractivity contribution in [2.45, 2.75) is 52.4 Å². The second-order valence-corrected chi connectivity index (χ2v) is 7.89. The molecule has 0 spiro atoms. The topological polar surface area (TPSA) is 95.2 Å². The van der Waals surface area contributed by atoms with Crippen LogP contribution in [-0.2, 0) is 0 Å². The fourth-order valence-electron chi connectivity index (χ4n) is 5.17. The minimum atomic E-state index is -1.60. The van der Waals surface area contributed by atoms with Crippen LogP contribution >= 0.6 is 0 Å². The van der Waals surface area contributed by atoms with E-state index < -0.39 is 17.3 Å². The zero-order valence-corrected chi connectivity index (χ0v) is 16.1. The summed E-state index contributed by atoms with van der Waals surface area (Å²) in [6, 6.07) is 10.8. The lowest BCUT2D eigenvalue weighted by atomic mass is 9.53. The van der Waals surface area contributed by atoms with Crippen molar-refractivity contribution < 1.29 is 0 Å². The smallest absolute Gasteiger partial charge is 0.189 e. The van der Waals surface area contributed by atoms with E-state index in [4.69, 9.17) is 5.41 Å². The van der Waals surface area contributed by atoms with E-state index in [1.165, 1.54) is 0 Å². The van der Waals surface area contributed by atoms with E-state index in [2.05, 4.69) is 36.4 Å². The van der Waals surface area contributed by atoms with E-state index in [1.54, 1.807) is 0 Å². The highest BCUT2D eigenvalue weighted by Gasteiger charge is 2.57. The Bertz CT molecular complexity index is 911. The van der Waals surface area contributed by atoms with Crippen molar-refractivity contribution in [2.75, 3.05) is 0 Å². The Morgan fingerprint density at radius 1 is 1.04 bits per heavy atom. The van der Waals surface area contributed by atoms with Gasteiger partial charge in [-0.3, -0.25) is 0 Å². The summed E-state index contributed by atoms with van der Waals surface area (Å²) >= 11 is 0. The summed E-state index contributed by atoms with van der Waals surface area (Å²) in [5, 5.41) is 38.7. The molecule has 0 aliphatic heterocycles. The standard InChI is InChI=1S/C23H24N4/c1-14-9-15(2)20(16(3)10-14)21-18-8-6-4-5-7-17(18)19(11-24)22(27)23(21,12-25)13-26/h7,9-10,18-19,21,27H,4-6,8H2,1-3H3/t18-,19-,21-/m1/s1. The van der Waals surface area contributed by atoms with Gasteiger partial charge in [-0.25, -0.2) is 0 Å². The molecule has 0 heterocycles. The van der Waals surface area contributed by atoms with Gasteiger partial charge in [-0.15, -0.1) is 0 Å². The predicted molar refractivity (Wildman–Crippen MR) is 104 cm³/mol. The summed E-state index contributed by atoms with van der Waals surface area (Å²) in [4.78, 5) is 0. The first-order valence-electron chi connectivity index (χ1n) is 9.50. The van der Waals surface area contributed by atoms with Crippen LogP contribution in [0.25, 0.3) is 0 Å². The van der Waals surface area contributed by atoms with Crippen molar-refractivity contribution in [3.05, 3.63) is 46.0 Å². The summed E-state index contributed by atoms with van der Waals surface area (Å²) in [5.74, 6) is -1.23. The molecule has 1 aromatic carbocycles. The quantitative estimate of drug-likeness (QED) is 0.716. The van der Waals surface area contributed by atoms with Gasteiger partial charge >= 0.3 is 0 Å². The van der Waals surface area contributed by atoms with Crippen molar-refractivity contribution in [1.82, 2.24) is 0 Å². The van der Waals surface area contributed by atoms with Crippen molar-refractivity contribution in [3.63, 3.8) is 0 Å². The number of allylic oxidation sites excluding steroid dienone is 2. The van der Waals surface area contributed by atoms with Gasteiger partial charge in [0, 0.05) is 5.92 Å². The van der Waals surface area contributed by atoms with Gasteiger partial charge < -0.3 is 5.41 Å². The molecule has 0 aromatic heterocycles. The summed E-state index contributed by atoms with van der Waals surface area (Å²) in [6.45, 7) is 6.08. The number of benzene rings is 1. The first-order chi connectivity index (χ1) is 12.9. The molecule has 0 bridgehead atoms. The number of fused-ring (bicyclic) bond motifs is 1. The largest absolute Gasteiger partial charge is 0.305 e. The molecule has 2 aliphatic carbocycles. The van der Waals surface area contributed by atoms with Crippen LogP contribution in [-0.4, -0.2) is 5.71 Å². The number of hydrogen-bond acceptors (Lipinski definition) is 4. The van der Waals surface area contributed by atoms with E-state index >= 15 is 0 Å². The Kier molecular flexibility index (Phi) is 4.91. The average Bonchev–Trinajstić information content (AvgIpc) is 2.87. The fraction of sp³-hybridized carbons (Fsp3) is 0.478. The van der Waals surface area contributed by atoms with Gasteiger partial charge in [0.1, 0.15) is 5.92 Å². The van der Waals surface area contributed by atoms with Crippen LogP contribution in [0.3, 0.4) is 0 Å². The van der Waals surface area contributed by atoms with Crippen LogP contribution in [0.2, 0.25) is 0 Å². The van der Waals surface area contributed by atoms with Crippen LogP contribution < -0.4 is 0 Å². The lowest BCUT2D eigenvalue weighted by Gasteiger charge is -2.45. The molecule has 1 saturated carbocycles. The first kappa shape index (κ1) is 18.9. The fourth-order valence-corrected chi connectivity index (χ4v) is 5.17. The minimum Gasteiger partial charge on any atom is -0.305 e. The predicted octanol–water partition coefficient (Wildman–Crippen LogP) is 5.02. The van der Waals surface area contributed by atoms with Crippen LogP contribution in [0.5, 0.6) is 0 Å². The van der Waals surface area contributed by atoms with Gasteiger partial charge in [0.25, 0.3) is 0 Å². The molecule has 136 valence electrons. The highest BCUT2D eigenvalue weighted by Crippen LogP contribution is 2.55. The number of nitriles is 3. The monoisotopic (exact) mass is 356 g/mol. The SMILES string of the molecule is Cc1cc(C)c([C@H]2[C@@H]3CCCCC=C3[C@@H](C#N)C(=N)C2(C#N)C#N)c(C)c1. The second-order valence-electron chi connectivity index (χ2n) is 7.89. The molecule has 0 amide bonds. The zero-order valence-electron chi connectivity index (χ0n) is 16.1. The molecule has 3 rings (SSSR count). The Balaban J connectivity index is 2.35. The third-order valence-corrected chi connectivity index (χ3v) is 6.22. The summed E-state index contributed by atoms with van der Waals surface area (Å²) in [6.07, 6.45) is 5.88. The van der Waals surface area contributed by atoms with E-state index in [9.17, 15) is 15.8 Å². The van der Waals surface area contributed by atoms with Crippen LogP contribution in [0, 0.1) is 77.4 Å². The lowest BCUT2D eigenvalue weighted by Crippen LogP contribution is -2.48. The Morgan fingerprint density at radius 3 is 2.22 bits per heavy atom. The van der Waals surface area contributed by atoms with E-state index in [0.717, 1.165) is 53.5 Å². The summed E-state index contributed by atoms with van der Waals surface area (Å²) in [5.41, 5.74) is 3.55. The van der Waals surface area contributed by atoms with E-state index in [-0.39, 0.29) is 11.6 Å². The normalized spacial score (nSPS) is 26.6.